The third-order valence-electron chi connectivity index (χ3n) is 3.21. The predicted molar refractivity (Wildman–Crippen MR) is 70.2 cm³/mol. The van der Waals surface area contributed by atoms with E-state index in [0.29, 0.717) is 0 Å². The Balaban J connectivity index is 2.25. The van der Waals surface area contributed by atoms with Gasteiger partial charge in [-0.25, -0.2) is 0 Å². The highest BCUT2D eigenvalue weighted by Crippen LogP contribution is 2.27. The fraction of sp³-hybridized carbons (Fsp3) is 0.643. The normalized spacial score (nSPS) is 20.8. The summed E-state index contributed by atoms with van der Waals surface area (Å²) >= 11 is 0. The van der Waals surface area contributed by atoms with Gasteiger partial charge in [0.05, 0.1) is 6.26 Å². The average Bonchev–Trinajstić information content (AvgIpc) is 2.68. The van der Waals surface area contributed by atoms with Gasteiger partial charge in [0.1, 0.15) is 11.8 Å². The predicted octanol–water partition coefficient (Wildman–Crippen LogP) is 1.97. The lowest BCUT2D eigenvalue weighted by Crippen LogP contribution is -2.43. The van der Waals surface area contributed by atoms with Crippen molar-refractivity contribution in [2.45, 2.75) is 33.2 Å². The van der Waals surface area contributed by atoms with Gasteiger partial charge in [0.2, 0.25) is 5.91 Å². The van der Waals surface area contributed by atoms with Gasteiger partial charge in [0.15, 0.2) is 0 Å². The van der Waals surface area contributed by atoms with Crippen molar-refractivity contribution >= 4 is 5.91 Å². The molecule has 0 radical (unpaired) electrons. The lowest BCUT2D eigenvalue weighted by atomic mass is 9.96. The van der Waals surface area contributed by atoms with Crippen molar-refractivity contribution in [3.63, 3.8) is 0 Å². The molecule has 1 atom stereocenters. The van der Waals surface area contributed by atoms with E-state index in [4.69, 9.17) is 4.42 Å². The van der Waals surface area contributed by atoms with Gasteiger partial charge in [-0.2, -0.15) is 0 Å². The standard InChI is InChI=1S/C14H22N2O2/c1-14(2,3)9-16-7-5-10-6-8-18-12(10)11(15-4)13(16)17/h6,8,11,15H,5,7,9H2,1-4H3. The molecule has 0 bridgehead atoms. The molecular formula is C14H22N2O2. The van der Waals surface area contributed by atoms with Gasteiger partial charge in [0, 0.05) is 13.1 Å². The number of amides is 1. The number of hydrogen-bond donors (Lipinski definition) is 1. The van der Waals surface area contributed by atoms with Crippen molar-refractivity contribution in [2.75, 3.05) is 20.1 Å². The molecule has 1 aliphatic heterocycles. The third kappa shape index (κ3) is 2.58. The van der Waals surface area contributed by atoms with E-state index in [1.54, 1.807) is 13.3 Å². The van der Waals surface area contributed by atoms with Crippen molar-refractivity contribution < 1.29 is 9.21 Å². The molecule has 100 valence electrons. The second-order valence-corrected chi connectivity index (χ2v) is 6.10. The molecular weight excluding hydrogens is 228 g/mol. The monoisotopic (exact) mass is 250 g/mol. The van der Waals surface area contributed by atoms with Crippen LogP contribution in [0, 0.1) is 5.41 Å². The van der Waals surface area contributed by atoms with Crippen LogP contribution in [0.25, 0.3) is 0 Å². The largest absolute Gasteiger partial charge is 0.467 e. The van der Waals surface area contributed by atoms with Crippen molar-refractivity contribution in [2.24, 2.45) is 5.41 Å². The van der Waals surface area contributed by atoms with Crippen LogP contribution in [0.4, 0.5) is 0 Å². The molecule has 0 saturated heterocycles. The summed E-state index contributed by atoms with van der Waals surface area (Å²) in [5, 5.41) is 3.07. The van der Waals surface area contributed by atoms with Gasteiger partial charge in [0.25, 0.3) is 0 Å². The summed E-state index contributed by atoms with van der Waals surface area (Å²) in [6, 6.07) is 1.62. The summed E-state index contributed by atoms with van der Waals surface area (Å²) in [4.78, 5) is 14.5. The highest BCUT2D eigenvalue weighted by molar-refractivity contribution is 5.83. The van der Waals surface area contributed by atoms with Crippen LogP contribution in [-0.2, 0) is 11.2 Å². The zero-order valence-corrected chi connectivity index (χ0v) is 11.6. The van der Waals surface area contributed by atoms with Gasteiger partial charge in [-0.05, 0) is 30.5 Å². The summed E-state index contributed by atoms with van der Waals surface area (Å²) in [5.74, 6) is 0.889. The number of carbonyl (C=O) groups excluding carboxylic acids is 1. The molecule has 1 aromatic rings. The minimum absolute atomic E-state index is 0.111. The smallest absolute Gasteiger partial charge is 0.247 e. The SMILES string of the molecule is CNC1C(=O)N(CC(C)(C)C)CCc2ccoc21. The average molecular weight is 250 g/mol. The second-order valence-electron chi connectivity index (χ2n) is 6.10. The first-order valence-electron chi connectivity index (χ1n) is 6.45. The molecule has 18 heavy (non-hydrogen) atoms. The van der Waals surface area contributed by atoms with E-state index in [1.807, 2.05) is 11.0 Å². The quantitative estimate of drug-likeness (QED) is 0.873. The first kappa shape index (κ1) is 13.1. The Bertz CT molecular complexity index is 431. The molecule has 0 fully saturated rings. The van der Waals surface area contributed by atoms with Crippen LogP contribution in [0.15, 0.2) is 16.7 Å². The number of rotatable bonds is 2. The van der Waals surface area contributed by atoms with E-state index in [-0.39, 0.29) is 17.4 Å². The van der Waals surface area contributed by atoms with Crippen LogP contribution in [-0.4, -0.2) is 30.9 Å². The minimum atomic E-state index is -0.347. The third-order valence-corrected chi connectivity index (χ3v) is 3.21. The van der Waals surface area contributed by atoms with Gasteiger partial charge in [-0.15, -0.1) is 0 Å². The van der Waals surface area contributed by atoms with Crippen LogP contribution in [0.3, 0.4) is 0 Å². The number of likely N-dealkylation sites (N-methyl/N-ethyl adjacent to an activating group) is 1. The number of hydrogen-bond acceptors (Lipinski definition) is 3. The Kier molecular flexibility index (Phi) is 3.48. The zero-order chi connectivity index (χ0) is 13.3. The zero-order valence-electron chi connectivity index (χ0n) is 11.6. The molecule has 0 saturated carbocycles. The maximum Gasteiger partial charge on any atom is 0.247 e. The highest BCUT2D eigenvalue weighted by atomic mass is 16.3. The summed E-state index contributed by atoms with van der Waals surface area (Å²) in [7, 11) is 1.80. The molecule has 2 rings (SSSR count). The van der Waals surface area contributed by atoms with E-state index in [0.717, 1.165) is 30.8 Å². The topological polar surface area (TPSA) is 45.5 Å². The lowest BCUT2D eigenvalue weighted by molar-refractivity contribution is -0.134. The number of nitrogens with zero attached hydrogens (tertiary/aromatic N) is 1. The summed E-state index contributed by atoms with van der Waals surface area (Å²) in [6.07, 6.45) is 2.54. The van der Waals surface area contributed by atoms with Gasteiger partial charge < -0.3 is 14.6 Å². The minimum Gasteiger partial charge on any atom is -0.467 e. The van der Waals surface area contributed by atoms with Crippen molar-refractivity contribution in [1.29, 1.82) is 0 Å². The molecule has 1 aromatic heterocycles. The van der Waals surface area contributed by atoms with Gasteiger partial charge in [-0.3, -0.25) is 4.79 Å². The van der Waals surface area contributed by atoms with Crippen LogP contribution >= 0.6 is 0 Å². The van der Waals surface area contributed by atoms with Gasteiger partial charge in [-0.1, -0.05) is 20.8 Å². The van der Waals surface area contributed by atoms with E-state index in [9.17, 15) is 4.79 Å². The Morgan fingerprint density at radius 2 is 2.22 bits per heavy atom. The van der Waals surface area contributed by atoms with E-state index in [1.165, 1.54) is 0 Å². The number of furan rings is 1. The summed E-state index contributed by atoms with van der Waals surface area (Å²) in [5.41, 5.74) is 1.25. The first-order chi connectivity index (χ1) is 8.42. The Morgan fingerprint density at radius 3 is 2.83 bits per heavy atom. The molecule has 4 heteroatoms. The van der Waals surface area contributed by atoms with E-state index < -0.39 is 0 Å². The fourth-order valence-electron chi connectivity index (χ4n) is 2.45. The van der Waals surface area contributed by atoms with Crippen LogP contribution in [0.5, 0.6) is 0 Å². The molecule has 1 N–H and O–H groups in total. The Labute approximate surface area is 108 Å². The second kappa shape index (κ2) is 4.76. The molecule has 4 nitrogen and oxygen atoms in total. The first-order valence-corrected chi connectivity index (χ1v) is 6.45. The van der Waals surface area contributed by atoms with Crippen molar-refractivity contribution in [3.05, 3.63) is 23.7 Å². The molecule has 1 aliphatic rings. The maximum absolute atomic E-state index is 12.5. The van der Waals surface area contributed by atoms with Crippen LogP contribution in [0.2, 0.25) is 0 Å². The number of nitrogens with one attached hydrogen (secondary N) is 1. The Morgan fingerprint density at radius 1 is 1.50 bits per heavy atom. The summed E-state index contributed by atoms with van der Waals surface area (Å²) in [6.45, 7) is 7.99. The number of carbonyl (C=O) groups is 1. The fourth-order valence-corrected chi connectivity index (χ4v) is 2.45. The lowest BCUT2D eigenvalue weighted by Gasteiger charge is -2.30. The van der Waals surface area contributed by atoms with Crippen LogP contribution < -0.4 is 5.32 Å². The van der Waals surface area contributed by atoms with Crippen molar-refractivity contribution in [3.8, 4) is 0 Å². The van der Waals surface area contributed by atoms with Gasteiger partial charge >= 0.3 is 0 Å². The number of fused-ring (bicyclic) bond motifs is 1. The molecule has 0 spiro atoms. The summed E-state index contributed by atoms with van der Waals surface area (Å²) < 4.78 is 5.48. The van der Waals surface area contributed by atoms with Crippen molar-refractivity contribution in [1.82, 2.24) is 10.2 Å². The molecule has 2 heterocycles. The molecule has 1 unspecified atom stereocenters. The highest BCUT2D eigenvalue weighted by Gasteiger charge is 2.33. The molecule has 0 aromatic carbocycles. The van der Waals surface area contributed by atoms with E-state index in [2.05, 4.69) is 26.1 Å². The van der Waals surface area contributed by atoms with E-state index >= 15 is 0 Å². The maximum atomic E-state index is 12.5. The molecule has 0 aliphatic carbocycles. The Hall–Kier alpha value is -1.29. The van der Waals surface area contributed by atoms with Crippen LogP contribution in [0.1, 0.15) is 38.1 Å². The molecule has 1 amide bonds.